The molecule has 3 aromatic rings. The average Bonchev–Trinajstić information content (AvgIpc) is 3.19. The van der Waals surface area contributed by atoms with Gasteiger partial charge in [0.1, 0.15) is 29.5 Å². The maximum atomic E-state index is 10.3. The van der Waals surface area contributed by atoms with Crippen molar-refractivity contribution in [1.29, 1.82) is 0 Å². The Bertz CT molecular complexity index is 847. The lowest BCUT2D eigenvalue weighted by Gasteiger charge is -2.35. The van der Waals surface area contributed by atoms with Crippen LogP contribution in [0.5, 0.6) is 5.75 Å². The van der Waals surface area contributed by atoms with E-state index >= 15 is 0 Å². The van der Waals surface area contributed by atoms with Gasteiger partial charge in [-0.2, -0.15) is 0 Å². The second-order valence-electron chi connectivity index (χ2n) is 6.90. The zero-order valence-electron chi connectivity index (χ0n) is 15.2. The second kappa shape index (κ2) is 8.47. The Labute approximate surface area is 158 Å². The van der Waals surface area contributed by atoms with E-state index in [4.69, 9.17) is 9.37 Å². The van der Waals surface area contributed by atoms with E-state index in [2.05, 4.69) is 26.2 Å². The highest BCUT2D eigenvalue weighted by Crippen LogP contribution is 2.17. The van der Waals surface area contributed by atoms with Crippen LogP contribution < -0.4 is 4.74 Å². The smallest absolute Gasteiger partial charge is 0.139 e. The van der Waals surface area contributed by atoms with Gasteiger partial charge in [0.2, 0.25) is 0 Å². The van der Waals surface area contributed by atoms with Gasteiger partial charge in [0.05, 0.1) is 0 Å². The van der Waals surface area contributed by atoms with Gasteiger partial charge in [-0.05, 0) is 34.1 Å². The Morgan fingerprint density at radius 2 is 1.74 bits per heavy atom. The normalized spacial score (nSPS) is 17.2. The maximum Gasteiger partial charge on any atom is 0.139 e. The first-order chi connectivity index (χ1) is 13.3. The van der Waals surface area contributed by atoms with E-state index in [0.29, 0.717) is 13.2 Å². The van der Waals surface area contributed by atoms with E-state index in [9.17, 15) is 5.11 Å². The van der Waals surface area contributed by atoms with Crippen LogP contribution in [0.25, 0.3) is 11.0 Å². The lowest BCUT2D eigenvalue weighted by molar-refractivity contribution is 0.0447. The molecule has 4 rings (SSSR count). The van der Waals surface area contributed by atoms with Crippen molar-refractivity contribution >= 4 is 11.0 Å². The number of aromatic nitrogens is 2. The molecule has 0 aliphatic carbocycles. The van der Waals surface area contributed by atoms with Gasteiger partial charge in [-0.3, -0.25) is 9.80 Å². The van der Waals surface area contributed by atoms with E-state index < -0.39 is 6.10 Å². The lowest BCUT2D eigenvalue weighted by Crippen LogP contribution is -2.48. The van der Waals surface area contributed by atoms with Crippen LogP contribution in [0.4, 0.5) is 0 Å². The lowest BCUT2D eigenvalue weighted by atomic mass is 10.1. The van der Waals surface area contributed by atoms with Gasteiger partial charge in [-0.15, -0.1) is 0 Å². The molecule has 2 heterocycles. The highest BCUT2D eigenvalue weighted by molar-refractivity contribution is 5.76. The standard InChI is InChI=1S/C20H24N4O3/c25-17(15-26-18-6-2-1-3-7-18)14-24-11-9-23(10-12-24)13-16-5-4-8-19-20(16)22-27-21-19/h1-8,17,25H,9-15H2/t17-/m0/s1. The molecule has 1 aromatic heterocycles. The summed E-state index contributed by atoms with van der Waals surface area (Å²) in [7, 11) is 0. The molecule has 0 radical (unpaired) electrons. The van der Waals surface area contributed by atoms with Crippen molar-refractivity contribution in [3.05, 3.63) is 54.1 Å². The molecule has 1 N–H and O–H groups in total. The molecule has 0 spiro atoms. The third-order valence-electron chi connectivity index (χ3n) is 4.88. The van der Waals surface area contributed by atoms with Crippen molar-refractivity contribution in [2.45, 2.75) is 12.6 Å². The summed E-state index contributed by atoms with van der Waals surface area (Å²) < 4.78 is 10.5. The van der Waals surface area contributed by atoms with E-state index in [1.165, 1.54) is 0 Å². The van der Waals surface area contributed by atoms with Crippen LogP contribution in [0.15, 0.2) is 53.2 Å². The number of nitrogens with zero attached hydrogens (tertiary/aromatic N) is 4. The maximum absolute atomic E-state index is 10.3. The first-order valence-corrected chi connectivity index (χ1v) is 9.29. The van der Waals surface area contributed by atoms with Crippen LogP contribution in [0.2, 0.25) is 0 Å². The van der Waals surface area contributed by atoms with E-state index in [1.54, 1.807) is 0 Å². The Kier molecular flexibility index (Phi) is 5.62. The summed E-state index contributed by atoms with van der Waals surface area (Å²) in [6, 6.07) is 15.6. The second-order valence-corrected chi connectivity index (χ2v) is 6.90. The SMILES string of the molecule is O[C@H](COc1ccccc1)CN1CCN(Cc2cccc3nonc23)CC1. The van der Waals surface area contributed by atoms with Gasteiger partial charge < -0.3 is 9.84 Å². The number of aliphatic hydroxyl groups excluding tert-OH is 1. The zero-order valence-corrected chi connectivity index (χ0v) is 15.2. The minimum Gasteiger partial charge on any atom is -0.491 e. The summed E-state index contributed by atoms with van der Waals surface area (Å²) in [4.78, 5) is 4.68. The van der Waals surface area contributed by atoms with Crippen LogP contribution >= 0.6 is 0 Å². The monoisotopic (exact) mass is 368 g/mol. The largest absolute Gasteiger partial charge is 0.491 e. The van der Waals surface area contributed by atoms with Crippen LogP contribution in [0.1, 0.15) is 5.56 Å². The van der Waals surface area contributed by atoms with E-state index in [1.807, 2.05) is 42.5 Å². The molecule has 0 amide bonds. The number of para-hydroxylation sites is 1. The molecule has 0 bridgehead atoms. The molecule has 27 heavy (non-hydrogen) atoms. The van der Waals surface area contributed by atoms with Gasteiger partial charge in [0.15, 0.2) is 0 Å². The first-order valence-electron chi connectivity index (χ1n) is 9.29. The van der Waals surface area contributed by atoms with Crippen molar-refractivity contribution in [2.75, 3.05) is 39.3 Å². The highest BCUT2D eigenvalue weighted by Gasteiger charge is 2.20. The quantitative estimate of drug-likeness (QED) is 0.681. The van der Waals surface area contributed by atoms with Crippen molar-refractivity contribution in [2.24, 2.45) is 0 Å². The molecule has 0 unspecified atom stereocenters. The summed E-state index contributed by atoms with van der Waals surface area (Å²) in [5.41, 5.74) is 2.78. The van der Waals surface area contributed by atoms with Gasteiger partial charge in [0.25, 0.3) is 0 Å². The molecule has 2 aromatic carbocycles. The predicted molar refractivity (Wildman–Crippen MR) is 101 cm³/mol. The molecule has 1 saturated heterocycles. The summed E-state index contributed by atoms with van der Waals surface area (Å²) in [5.74, 6) is 0.790. The summed E-state index contributed by atoms with van der Waals surface area (Å²) in [5, 5.41) is 18.2. The molecule has 7 heteroatoms. The van der Waals surface area contributed by atoms with E-state index in [-0.39, 0.29) is 0 Å². The molecule has 1 fully saturated rings. The third-order valence-corrected chi connectivity index (χ3v) is 4.88. The van der Waals surface area contributed by atoms with Crippen LogP contribution in [0, 0.1) is 0 Å². The zero-order chi connectivity index (χ0) is 18.5. The number of benzene rings is 2. The topological polar surface area (TPSA) is 74.9 Å². The molecular formula is C20H24N4O3. The minimum absolute atomic E-state index is 0.311. The summed E-state index contributed by atoms with van der Waals surface area (Å²) in [6.45, 7) is 5.53. The van der Waals surface area contributed by atoms with Crippen molar-refractivity contribution in [3.63, 3.8) is 0 Å². The van der Waals surface area contributed by atoms with Crippen LogP contribution in [-0.4, -0.2) is 70.7 Å². The molecule has 7 nitrogen and oxygen atoms in total. The van der Waals surface area contributed by atoms with E-state index in [0.717, 1.165) is 55.1 Å². The molecule has 1 atom stereocenters. The van der Waals surface area contributed by atoms with Gasteiger partial charge in [-0.25, -0.2) is 4.63 Å². The van der Waals surface area contributed by atoms with Crippen molar-refractivity contribution in [1.82, 2.24) is 20.1 Å². The Hall–Kier alpha value is -2.48. The predicted octanol–water partition coefficient (Wildman–Crippen LogP) is 1.78. The third kappa shape index (κ3) is 4.63. The molecule has 1 aliphatic rings. The number of aliphatic hydroxyl groups is 1. The van der Waals surface area contributed by atoms with Gasteiger partial charge in [-0.1, -0.05) is 30.3 Å². The number of ether oxygens (including phenoxy) is 1. The van der Waals surface area contributed by atoms with Gasteiger partial charge >= 0.3 is 0 Å². The fourth-order valence-corrected chi connectivity index (χ4v) is 3.42. The highest BCUT2D eigenvalue weighted by atomic mass is 16.6. The summed E-state index contributed by atoms with van der Waals surface area (Å²) in [6.07, 6.45) is -0.494. The minimum atomic E-state index is -0.494. The number of β-amino-alcohol motifs (C(OH)–C–C–N with tert-alkyl or cyclic N) is 1. The van der Waals surface area contributed by atoms with Crippen LogP contribution in [-0.2, 0) is 6.54 Å². The first kappa shape index (κ1) is 17.9. The number of hydrogen-bond donors (Lipinski definition) is 1. The number of hydrogen-bond acceptors (Lipinski definition) is 7. The number of piperazine rings is 1. The van der Waals surface area contributed by atoms with Crippen molar-refractivity contribution in [3.8, 4) is 5.75 Å². The van der Waals surface area contributed by atoms with Gasteiger partial charge in [0, 0.05) is 39.3 Å². The Morgan fingerprint density at radius 1 is 0.963 bits per heavy atom. The average molecular weight is 368 g/mol. The molecular weight excluding hydrogens is 344 g/mol. The molecule has 0 saturated carbocycles. The Balaban J connectivity index is 1.22. The molecule has 1 aliphatic heterocycles. The summed E-state index contributed by atoms with van der Waals surface area (Å²) >= 11 is 0. The van der Waals surface area contributed by atoms with Crippen LogP contribution in [0.3, 0.4) is 0 Å². The fourth-order valence-electron chi connectivity index (χ4n) is 3.42. The fraction of sp³-hybridized carbons (Fsp3) is 0.400. The Morgan fingerprint density at radius 3 is 2.56 bits per heavy atom. The number of fused-ring (bicyclic) bond motifs is 1. The number of rotatable bonds is 7. The molecule has 142 valence electrons. The van der Waals surface area contributed by atoms with Crippen molar-refractivity contribution < 1.29 is 14.5 Å².